The second-order valence-electron chi connectivity index (χ2n) is 4.41. The monoisotopic (exact) mass is 393 g/mol. The molecule has 0 saturated carbocycles. The van der Waals surface area contributed by atoms with Crippen molar-refractivity contribution in [2.45, 2.75) is 20.8 Å². The SMILES string of the molecule is CCOC(=O)C(C(C)=O)[C@H]1C=CC(OC)=C[C@H]1C.N#[O+].[C-]#[O+].[C-]#[O+].[Mn]. The molecule has 0 spiro atoms. The van der Waals surface area contributed by atoms with Gasteiger partial charge in [0.2, 0.25) is 0 Å². The third-order valence-electron chi connectivity index (χ3n) is 3.12. The summed E-state index contributed by atoms with van der Waals surface area (Å²) in [6.07, 6.45) is 5.56. The van der Waals surface area contributed by atoms with Crippen molar-refractivity contribution in [3.63, 3.8) is 0 Å². The predicted octanol–water partition coefficient (Wildman–Crippen LogP) is 1.93. The first kappa shape index (κ1) is 30.9. The van der Waals surface area contributed by atoms with E-state index in [0.29, 0.717) is 0 Å². The summed E-state index contributed by atoms with van der Waals surface area (Å²) in [6, 6.07) is 0. The summed E-state index contributed by atoms with van der Waals surface area (Å²) in [5.74, 6) is -0.690. The standard InChI is InChI=1S/C14H20O4.2CO.Mn.NO/c1-5-18-14(16)13(10(3)15)12-7-6-11(17-4)8-9(12)2;2*1-2;;1-2/h6-9,12-13H,5H2,1-4H3;;;;/q;;;;+1/t9-,12+,13?;;;;/m1..../s1. The third kappa shape index (κ3) is 11.3. The Morgan fingerprint density at radius 2 is 1.76 bits per heavy atom. The summed E-state index contributed by atoms with van der Waals surface area (Å²) in [7, 11) is 1.59. The molecule has 1 aliphatic carbocycles. The molecular formula is C16H20MnNO7+. The second kappa shape index (κ2) is 20.1. The Morgan fingerprint density at radius 3 is 2.08 bits per heavy atom. The fraction of sp³-hybridized carbons (Fsp3) is 0.500. The van der Waals surface area contributed by atoms with Gasteiger partial charge in [0, 0.05) is 23.0 Å². The molecule has 0 bridgehead atoms. The van der Waals surface area contributed by atoms with Gasteiger partial charge in [0.05, 0.1) is 13.7 Å². The van der Waals surface area contributed by atoms with Gasteiger partial charge in [-0.2, -0.15) is 0 Å². The van der Waals surface area contributed by atoms with E-state index in [-0.39, 0.29) is 41.3 Å². The van der Waals surface area contributed by atoms with Crippen LogP contribution in [0.25, 0.3) is 0 Å². The normalized spacial score (nSPS) is 17.6. The van der Waals surface area contributed by atoms with Crippen LogP contribution in [0.3, 0.4) is 0 Å². The van der Waals surface area contributed by atoms with E-state index in [4.69, 9.17) is 29.0 Å². The number of Topliss-reactive ketones (excluding diaryl/α,β-unsaturated/α-hetero) is 1. The van der Waals surface area contributed by atoms with Crippen LogP contribution in [-0.2, 0) is 50.2 Å². The number of ether oxygens (including phenoxy) is 2. The number of hydrogen-bond acceptors (Lipinski definition) is 5. The average molecular weight is 393 g/mol. The quantitative estimate of drug-likeness (QED) is 0.231. The van der Waals surface area contributed by atoms with Crippen molar-refractivity contribution in [2.24, 2.45) is 17.8 Å². The van der Waals surface area contributed by atoms with E-state index in [1.54, 1.807) is 20.1 Å². The molecule has 137 valence electrons. The molecule has 1 rings (SSSR count). The third-order valence-corrected chi connectivity index (χ3v) is 3.12. The zero-order valence-electron chi connectivity index (χ0n) is 14.4. The van der Waals surface area contributed by atoms with Crippen molar-refractivity contribution in [1.29, 1.82) is 5.46 Å². The van der Waals surface area contributed by atoms with Crippen LogP contribution in [-0.4, -0.2) is 25.5 Å². The van der Waals surface area contributed by atoms with Crippen molar-refractivity contribution < 1.29 is 50.2 Å². The summed E-state index contributed by atoms with van der Waals surface area (Å²) >= 11 is 0. The first-order chi connectivity index (χ1) is 11.5. The van der Waals surface area contributed by atoms with Gasteiger partial charge in [-0.05, 0) is 31.9 Å². The molecule has 0 N–H and O–H groups in total. The molecule has 3 atom stereocenters. The van der Waals surface area contributed by atoms with Crippen LogP contribution >= 0.6 is 0 Å². The molecule has 8 nitrogen and oxygen atoms in total. The Labute approximate surface area is 157 Å². The maximum Gasteiger partial charge on any atom is 0 e. The van der Waals surface area contributed by atoms with Crippen molar-refractivity contribution in [3.8, 4) is 0 Å². The van der Waals surface area contributed by atoms with Crippen LogP contribution in [0.2, 0.25) is 0 Å². The van der Waals surface area contributed by atoms with Crippen molar-refractivity contribution in [1.82, 2.24) is 0 Å². The van der Waals surface area contributed by atoms with Gasteiger partial charge in [0.1, 0.15) is 17.5 Å². The zero-order valence-corrected chi connectivity index (χ0v) is 15.5. The number of carbonyl (C=O) groups is 2. The van der Waals surface area contributed by atoms with E-state index in [1.165, 1.54) is 6.92 Å². The minimum atomic E-state index is -0.731. The molecule has 0 aromatic rings. The summed E-state index contributed by atoms with van der Waals surface area (Å²) in [5.41, 5.74) is 5.75. The van der Waals surface area contributed by atoms with E-state index >= 15 is 0 Å². The largest absolute Gasteiger partial charge is 0 e. The molecule has 9 heteroatoms. The number of esters is 1. The molecule has 0 saturated heterocycles. The Bertz CT molecular complexity index is 494. The minimum Gasteiger partial charge on any atom is 0 e. The zero-order chi connectivity index (χ0) is 19.7. The Hall–Kier alpha value is -1.91. The molecule has 0 aromatic carbocycles. The first-order valence-corrected chi connectivity index (χ1v) is 6.71. The topological polar surface area (TPSA) is 136 Å². The molecule has 0 amide bonds. The number of ketones is 1. The Kier molecular flexibility index (Phi) is 24.9. The molecule has 1 aliphatic rings. The number of carbonyl (C=O) groups excluding carboxylic acids is 2. The maximum atomic E-state index is 11.9. The van der Waals surface area contributed by atoms with Crippen molar-refractivity contribution >= 4 is 11.8 Å². The van der Waals surface area contributed by atoms with E-state index in [9.17, 15) is 9.59 Å². The number of allylic oxidation sites excluding steroid dienone is 3. The average Bonchev–Trinajstić information content (AvgIpc) is 2.61. The minimum absolute atomic E-state index is 0. The van der Waals surface area contributed by atoms with Gasteiger partial charge in [-0.15, -0.1) is 0 Å². The van der Waals surface area contributed by atoms with Crippen LogP contribution < -0.4 is 0 Å². The van der Waals surface area contributed by atoms with Crippen LogP contribution in [0, 0.1) is 36.5 Å². The van der Waals surface area contributed by atoms with Crippen molar-refractivity contribution in [3.05, 3.63) is 37.3 Å². The smallest absolute Gasteiger partial charge is 0 e. The number of nitrogens with zero attached hydrogens (tertiary/aromatic N) is 1. The van der Waals surface area contributed by atoms with Gasteiger partial charge >= 0.3 is 38.8 Å². The second-order valence-corrected chi connectivity index (χ2v) is 4.41. The molecule has 0 aliphatic heterocycles. The molecule has 0 heterocycles. The molecule has 0 fully saturated rings. The molecule has 25 heavy (non-hydrogen) atoms. The molecule has 0 aromatic heterocycles. The Morgan fingerprint density at radius 1 is 1.28 bits per heavy atom. The van der Waals surface area contributed by atoms with Crippen molar-refractivity contribution in [2.75, 3.05) is 13.7 Å². The molecule has 1 unspecified atom stereocenters. The van der Waals surface area contributed by atoms with Crippen LogP contribution in [0.15, 0.2) is 24.0 Å². The summed E-state index contributed by atoms with van der Waals surface area (Å²) in [6.45, 7) is 14.4. The van der Waals surface area contributed by atoms with Gasteiger partial charge in [-0.1, -0.05) is 13.0 Å². The van der Waals surface area contributed by atoms with E-state index in [2.05, 4.69) is 13.3 Å². The fourth-order valence-electron chi connectivity index (χ4n) is 2.18. The van der Waals surface area contributed by atoms with Gasteiger partial charge in [-0.3, -0.25) is 9.59 Å². The van der Waals surface area contributed by atoms with E-state index in [0.717, 1.165) is 5.76 Å². The van der Waals surface area contributed by atoms with Gasteiger partial charge in [-0.25, -0.2) is 0 Å². The summed E-state index contributed by atoms with van der Waals surface area (Å²) < 4.78 is 32.4. The summed E-state index contributed by atoms with van der Waals surface area (Å²) in [5, 5.41) is 0. The van der Waals surface area contributed by atoms with Crippen LogP contribution in [0.4, 0.5) is 0 Å². The van der Waals surface area contributed by atoms with Gasteiger partial charge < -0.3 is 9.47 Å². The maximum absolute atomic E-state index is 11.9. The van der Waals surface area contributed by atoms with Crippen LogP contribution in [0.1, 0.15) is 20.8 Å². The van der Waals surface area contributed by atoms with E-state index < -0.39 is 11.9 Å². The molecular weight excluding hydrogens is 373 g/mol. The van der Waals surface area contributed by atoms with Gasteiger partial charge in [0.15, 0.2) is 0 Å². The van der Waals surface area contributed by atoms with Gasteiger partial charge in [0.25, 0.3) is 0 Å². The Balaban J connectivity index is -0.000000284. The number of hydrogen-bond donors (Lipinski definition) is 0. The molecule has 1 radical (unpaired) electrons. The predicted molar refractivity (Wildman–Crippen MR) is 78.0 cm³/mol. The van der Waals surface area contributed by atoms with E-state index in [1.807, 2.05) is 19.1 Å². The number of rotatable bonds is 5. The van der Waals surface area contributed by atoms with Crippen LogP contribution in [0.5, 0.6) is 0 Å². The number of methoxy groups -OCH3 is 1. The fourth-order valence-corrected chi connectivity index (χ4v) is 2.18. The first-order valence-electron chi connectivity index (χ1n) is 6.71. The summed E-state index contributed by atoms with van der Waals surface area (Å²) in [4.78, 5) is 23.5.